The van der Waals surface area contributed by atoms with E-state index in [1.165, 1.54) is 52.1 Å². The monoisotopic (exact) mass is 416 g/mol. The van der Waals surface area contributed by atoms with Crippen molar-refractivity contribution in [1.29, 1.82) is 0 Å². The van der Waals surface area contributed by atoms with E-state index in [9.17, 15) is 4.79 Å². The minimum absolute atomic E-state index is 0.0373. The van der Waals surface area contributed by atoms with Crippen molar-refractivity contribution in [3.05, 3.63) is 0 Å². The summed E-state index contributed by atoms with van der Waals surface area (Å²) < 4.78 is 4.93. The quantitative estimate of drug-likeness (QED) is 0.447. The molecule has 0 N–H and O–H groups in total. The number of hydrogen-bond acceptors (Lipinski definition) is 2. The van der Waals surface area contributed by atoms with E-state index >= 15 is 0 Å². The van der Waals surface area contributed by atoms with Crippen LogP contribution in [0.4, 0.5) is 0 Å². The molecule has 11 atom stereocenters. The van der Waals surface area contributed by atoms with E-state index < -0.39 is 0 Å². The molecule has 0 radical (unpaired) electrons. The largest absolute Gasteiger partial charge is 0.469 e. The van der Waals surface area contributed by atoms with Gasteiger partial charge in [0.1, 0.15) is 0 Å². The van der Waals surface area contributed by atoms with Gasteiger partial charge in [-0.15, -0.1) is 0 Å². The SMILES string of the molecule is COC(=O)CCC(C)C1CCC2C3C(C[C@H](C)C12C)C1(C)CC[C@@H](C)CC1C[C@H]3C. The molecule has 172 valence electrons. The van der Waals surface area contributed by atoms with E-state index in [-0.39, 0.29) is 5.97 Å². The first-order chi connectivity index (χ1) is 14.1. The summed E-state index contributed by atoms with van der Waals surface area (Å²) in [4.78, 5) is 11.8. The Bertz CT molecular complexity index is 643. The zero-order chi connectivity index (χ0) is 21.8. The number of carbonyl (C=O) groups is 1. The fourth-order valence-corrected chi connectivity index (χ4v) is 9.81. The van der Waals surface area contributed by atoms with E-state index in [1.54, 1.807) is 0 Å². The third kappa shape index (κ3) is 3.38. The topological polar surface area (TPSA) is 26.3 Å². The second kappa shape index (κ2) is 8.11. The number of methoxy groups -OCH3 is 1. The van der Waals surface area contributed by atoms with Crippen LogP contribution in [0.15, 0.2) is 0 Å². The number of esters is 1. The normalized spacial score (nSPS) is 51.4. The molecule has 0 heterocycles. The molecule has 30 heavy (non-hydrogen) atoms. The third-order valence-electron chi connectivity index (χ3n) is 11.7. The molecule has 4 aliphatic carbocycles. The molecule has 2 nitrogen and oxygen atoms in total. The molecule has 4 saturated carbocycles. The van der Waals surface area contributed by atoms with E-state index in [0.29, 0.717) is 23.2 Å². The fraction of sp³-hybridized carbons (Fsp3) is 0.964. The van der Waals surface area contributed by atoms with Crippen LogP contribution in [0.3, 0.4) is 0 Å². The molecule has 4 rings (SSSR count). The van der Waals surface area contributed by atoms with Gasteiger partial charge in [0.05, 0.1) is 7.11 Å². The lowest BCUT2D eigenvalue weighted by molar-refractivity contribution is -0.163. The zero-order valence-electron chi connectivity index (χ0n) is 20.9. The maximum atomic E-state index is 11.8. The third-order valence-corrected chi connectivity index (χ3v) is 11.7. The van der Waals surface area contributed by atoms with Crippen LogP contribution < -0.4 is 0 Å². The van der Waals surface area contributed by atoms with Crippen LogP contribution >= 0.6 is 0 Å². The number of ether oxygens (including phenoxy) is 1. The van der Waals surface area contributed by atoms with Gasteiger partial charge in [-0.05, 0) is 109 Å². The average Bonchev–Trinajstić information content (AvgIpc) is 3.06. The fourth-order valence-electron chi connectivity index (χ4n) is 9.81. The summed E-state index contributed by atoms with van der Waals surface area (Å²) in [5.74, 6) is 7.71. The van der Waals surface area contributed by atoms with Crippen molar-refractivity contribution in [1.82, 2.24) is 0 Å². The van der Waals surface area contributed by atoms with E-state index in [0.717, 1.165) is 53.8 Å². The van der Waals surface area contributed by atoms with Gasteiger partial charge < -0.3 is 4.74 Å². The van der Waals surface area contributed by atoms with Crippen LogP contribution in [0.5, 0.6) is 0 Å². The highest BCUT2D eigenvalue weighted by Gasteiger charge is 2.64. The Balaban J connectivity index is 1.58. The predicted molar refractivity (Wildman–Crippen MR) is 124 cm³/mol. The molecule has 0 spiro atoms. The highest BCUT2D eigenvalue weighted by atomic mass is 16.5. The van der Waals surface area contributed by atoms with Gasteiger partial charge in [0.15, 0.2) is 0 Å². The summed E-state index contributed by atoms with van der Waals surface area (Å²) in [5.41, 5.74) is 1.05. The summed E-state index contributed by atoms with van der Waals surface area (Å²) in [6.07, 6.45) is 11.7. The van der Waals surface area contributed by atoms with Crippen LogP contribution in [0.25, 0.3) is 0 Å². The molecule has 0 aromatic rings. The van der Waals surface area contributed by atoms with Crippen LogP contribution in [0.2, 0.25) is 0 Å². The molecule has 0 saturated heterocycles. The number of hydrogen-bond donors (Lipinski definition) is 0. The van der Waals surface area contributed by atoms with Gasteiger partial charge in [-0.2, -0.15) is 0 Å². The summed E-state index contributed by atoms with van der Waals surface area (Å²) in [5, 5.41) is 0. The summed E-state index contributed by atoms with van der Waals surface area (Å²) in [6, 6.07) is 0. The Morgan fingerprint density at radius 3 is 2.47 bits per heavy atom. The molecular formula is C28H48O2. The second-order valence-corrected chi connectivity index (χ2v) is 12.9. The lowest BCUT2D eigenvalue weighted by atomic mass is 9.40. The standard InChI is InChI=1S/C28H48O2/c1-17-12-13-27(5)21(14-17)15-19(3)26-23-10-9-22(18(2)8-11-25(29)30-7)28(23,6)20(4)16-24(26)27/h17-24,26H,8-16H2,1-7H3/t17-,18?,19-,20+,21?,22?,23?,24?,26?,27?,28?/m1/s1. The van der Waals surface area contributed by atoms with E-state index in [4.69, 9.17) is 4.74 Å². The van der Waals surface area contributed by atoms with Crippen molar-refractivity contribution in [3.63, 3.8) is 0 Å². The Hall–Kier alpha value is -0.530. The van der Waals surface area contributed by atoms with Gasteiger partial charge in [-0.3, -0.25) is 4.79 Å². The van der Waals surface area contributed by atoms with Crippen molar-refractivity contribution in [2.75, 3.05) is 7.11 Å². The van der Waals surface area contributed by atoms with Crippen molar-refractivity contribution in [2.24, 2.45) is 64.1 Å². The predicted octanol–water partition coefficient (Wildman–Crippen LogP) is 7.36. The lowest BCUT2D eigenvalue weighted by Gasteiger charge is -2.65. The highest BCUT2D eigenvalue weighted by Crippen LogP contribution is 2.71. The van der Waals surface area contributed by atoms with Gasteiger partial charge >= 0.3 is 5.97 Å². The smallest absolute Gasteiger partial charge is 0.305 e. The van der Waals surface area contributed by atoms with Gasteiger partial charge in [0, 0.05) is 6.42 Å². The summed E-state index contributed by atoms with van der Waals surface area (Å²) in [6.45, 7) is 15.5. The van der Waals surface area contributed by atoms with Gasteiger partial charge in [-0.25, -0.2) is 0 Å². The lowest BCUT2D eigenvalue weighted by Crippen LogP contribution is -2.58. The molecule has 2 heteroatoms. The number of rotatable bonds is 4. The van der Waals surface area contributed by atoms with E-state index in [1.807, 2.05) is 0 Å². The summed E-state index contributed by atoms with van der Waals surface area (Å²) in [7, 11) is 1.52. The Morgan fingerprint density at radius 2 is 1.77 bits per heavy atom. The number of fused-ring (bicyclic) bond motifs is 5. The van der Waals surface area contributed by atoms with Crippen molar-refractivity contribution in [3.8, 4) is 0 Å². The molecule has 0 bridgehead atoms. The maximum Gasteiger partial charge on any atom is 0.305 e. The second-order valence-electron chi connectivity index (χ2n) is 12.9. The molecule has 4 aliphatic rings. The van der Waals surface area contributed by atoms with Gasteiger partial charge in [0.2, 0.25) is 0 Å². The van der Waals surface area contributed by atoms with Crippen LogP contribution in [-0.2, 0) is 9.53 Å². The van der Waals surface area contributed by atoms with Crippen molar-refractivity contribution < 1.29 is 9.53 Å². The van der Waals surface area contributed by atoms with Crippen molar-refractivity contribution >= 4 is 5.97 Å². The number of carbonyl (C=O) groups excluding carboxylic acids is 1. The summed E-state index contributed by atoms with van der Waals surface area (Å²) >= 11 is 0. The zero-order valence-corrected chi connectivity index (χ0v) is 20.9. The molecular weight excluding hydrogens is 368 g/mol. The first-order valence-corrected chi connectivity index (χ1v) is 13.2. The molecule has 4 fully saturated rings. The minimum atomic E-state index is -0.0373. The average molecular weight is 417 g/mol. The molecule has 0 aromatic carbocycles. The van der Waals surface area contributed by atoms with Gasteiger partial charge in [-0.1, -0.05) is 48.0 Å². The van der Waals surface area contributed by atoms with Crippen LogP contribution in [0.1, 0.15) is 99.3 Å². The Kier molecular flexibility index (Phi) is 6.12. The molecule has 0 aromatic heterocycles. The molecule has 0 aliphatic heterocycles. The van der Waals surface area contributed by atoms with Crippen LogP contribution in [0, 0.1) is 64.1 Å². The Morgan fingerprint density at radius 1 is 1.03 bits per heavy atom. The Labute approximate surface area is 186 Å². The van der Waals surface area contributed by atoms with Crippen LogP contribution in [-0.4, -0.2) is 13.1 Å². The first kappa shape index (κ1) is 22.7. The maximum absolute atomic E-state index is 11.8. The minimum Gasteiger partial charge on any atom is -0.469 e. The van der Waals surface area contributed by atoms with Gasteiger partial charge in [0.25, 0.3) is 0 Å². The first-order valence-electron chi connectivity index (χ1n) is 13.2. The molecule has 0 amide bonds. The van der Waals surface area contributed by atoms with E-state index in [2.05, 4.69) is 41.5 Å². The molecule has 8 unspecified atom stereocenters. The van der Waals surface area contributed by atoms with Crippen molar-refractivity contribution in [2.45, 2.75) is 99.3 Å². The highest BCUT2D eigenvalue weighted by molar-refractivity contribution is 5.69.